The average Bonchev–Trinajstić information content (AvgIpc) is 2.89. The maximum Gasteiger partial charge on any atom is 0.306 e. The molecule has 0 saturated heterocycles. The van der Waals surface area contributed by atoms with Crippen molar-refractivity contribution in [3.8, 4) is 0 Å². The van der Waals surface area contributed by atoms with Gasteiger partial charge in [-0.25, -0.2) is 0 Å². The molecule has 1 amide bonds. The highest BCUT2D eigenvalue weighted by Gasteiger charge is 2.50. The zero-order chi connectivity index (χ0) is 12.6. The van der Waals surface area contributed by atoms with Crippen molar-refractivity contribution in [3.05, 3.63) is 12.7 Å². The Labute approximate surface area is 99.6 Å². The molecular formula is C12H16N2O3. The fourth-order valence-electron chi connectivity index (χ4n) is 3.32. The minimum atomic E-state index is -0.729. The van der Waals surface area contributed by atoms with Gasteiger partial charge in [0.2, 0.25) is 0 Å². The van der Waals surface area contributed by atoms with Crippen molar-refractivity contribution in [2.75, 3.05) is 0 Å². The largest absolute Gasteiger partial charge is 0.481 e. The van der Waals surface area contributed by atoms with Gasteiger partial charge in [-0.1, -0.05) is 6.58 Å². The molecule has 17 heavy (non-hydrogen) atoms. The van der Waals surface area contributed by atoms with Crippen LogP contribution in [0.25, 0.3) is 0 Å². The zero-order valence-electron chi connectivity index (χ0n) is 9.50. The maximum absolute atomic E-state index is 11.6. The second kappa shape index (κ2) is 4.31. The summed E-state index contributed by atoms with van der Waals surface area (Å²) in [6.07, 6.45) is 4.41. The van der Waals surface area contributed by atoms with Crippen molar-refractivity contribution in [1.29, 1.82) is 5.41 Å². The third-order valence-corrected chi connectivity index (χ3v) is 4.06. The highest BCUT2D eigenvalue weighted by molar-refractivity contribution is 5.95. The van der Waals surface area contributed by atoms with Crippen LogP contribution in [0.5, 0.6) is 0 Å². The Bertz CT molecular complexity index is 380. The molecular weight excluding hydrogens is 220 g/mol. The fraction of sp³-hybridized carbons (Fsp3) is 0.583. The Hall–Kier alpha value is -1.65. The van der Waals surface area contributed by atoms with E-state index in [1.165, 1.54) is 11.0 Å². The van der Waals surface area contributed by atoms with E-state index in [0.717, 1.165) is 12.8 Å². The van der Waals surface area contributed by atoms with Crippen LogP contribution in [-0.2, 0) is 9.59 Å². The number of nitrogens with one attached hydrogen (secondary N) is 1. The molecule has 0 radical (unpaired) electrons. The zero-order valence-corrected chi connectivity index (χ0v) is 9.50. The van der Waals surface area contributed by atoms with Crippen LogP contribution in [0.1, 0.15) is 19.3 Å². The molecule has 4 unspecified atom stereocenters. The van der Waals surface area contributed by atoms with Crippen LogP contribution in [0, 0.1) is 23.2 Å². The van der Waals surface area contributed by atoms with E-state index in [-0.39, 0.29) is 29.7 Å². The summed E-state index contributed by atoms with van der Waals surface area (Å²) in [6.45, 7) is 3.42. The second-order valence-corrected chi connectivity index (χ2v) is 4.82. The molecule has 0 aromatic rings. The Morgan fingerprint density at radius 1 is 1.29 bits per heavy atom. The summed E-state index contributed by atoms with van der Waals surface area (Å²) < 4.78 is 0. The summed E-state index contributed by atoms with van der Waals surface area (Å²) in [5.41, 5.74) is 0. The molecule has 2 aliphatic carbocycles. The maximum atomic E-state index is 11.6. The van der Waals surface area contributed by atoms with Gasteiger partial charge in [0.1, 0.15) is 0 Å². The number of rotatable bonds is 4. The Morgan fingerprint density at radius 3 is 2.41 bits per heavy atom. The number of hydrogen-bond donors (Lipinski definition) is 2. The minimum Gasteiger partial charge on any atom is -0.481 e. The fourth-order valence-corrected chi connectivity index (χ4v) is 3.32. The molecule has 2 fully saturated rings. The van der Waals surface area contributed by atoms with E-state index in [1.54, 1.807) is 0 Å². The van der Waals surface area contributed by atoms with Gasteiger partial charge in [-0.05, 0) is 37.2 Å². The van der Waals surface area contributed by atoms with Gasteiger partial charge in [0.15, 0.2) is 0 Å². The molecule has 0 aromatic carbocycles. The summed E-state index contributed by atoms with van der Waals surface area (Å²) in [7, 11) is 0. The number of hydrogen-bond acceptors (Lipinski definition) is 3. The normalized spacial score (nSPS) is 34.4. The molecule has 5 nitrogen and oxygen atoms in total. The monoisotopic (exact) mass is 236 g/mol. The van der Waals surface area contributed by atoms with Crippen molar-refractivity contribution in [1.82, 2.24) is 4.90 Å². The quantitative estimate of drug-likeness (QED) is 0.436. The SMILES string of the molecule is C=CC(=O)N(C=N)C1CC2CC1CC2C(=O)O. The number of fused-ring (bicyclic) bond motifs is 2. The predicted octanol–water partition coefficient (Wildman–Crippen LogP) is 1.11. The number of aliphatic carboxylic acids is 1. The number of carboxylic acid groups (broad SMARTS) is 1. The third kappa shape index (κ3) is 1.85. The first-order valence-electron chi connectivity index (χ1n) is 5.76. The van der Waals surface area contributed by atoms with Crippen LogP contribution in [0.15, 0.2) is 12.7 Å². The van der Waals surface area contributed by atoms with Gasteiger partial charge < -0.3 is 5.11 Å². The molecule has 4 atom stereocenters. The van der Waals surface area contributed by atoms with Gasteiger partial charge in [0.25, 0.3) is 5.91 Å². The smallest absolute Gasteiger partial charge is 0.306 e. The van der Waals surface area contributed by atoms with Crippen LogP contribution in [0.2, 0.25) is 0 Å². The molecule has 2 N–H and O–H groups in total. The lowest BCUT2D eigenvalue weighted by molar-refractivity contribution is -0.143. The molecule has 0 aromatic heterocycles. The lowest BCUT2D eigenvalue weighted by Gasteiger charge is -2.32. The summed E-state index contributed by atoms with van der Waals surface area (Å²) >= 11 is 0. The molecule has 92 valence electrons. The van der Waals surface area contributed by atoms with Crippen LogP contribution < -0.4 is 0 Å². The van der Waals surface area contributed by atoms with Gasteiger partial charge in [-0.15, -0.1) is 0 Å². The van der Waals surface area contributed by atoms with E-state index >= 15 is 0 Å². The van der Waals surface area contributed by atoms with Crippen molar-refractivity contribution in [3.63, 3.8) is 0 Å². The third-order valence-electron chi connectivity index (χ3n) is 4.06. The number of carbonyl (C=O) groups is 2. The van der Waals surface area contributed by atoms with Gasteiger partial charge in [-0.2, -0.15) is 0 Å². The first-order valence-corrected chi connectivity index (χ1v) is 5.76. The molecule has 5 heteroatoms. The van der Waals surface area contributed by atoms with Crippen molar-refractivity contribution in [2.45, 2.75) is 25.3 Å². The van der Waals surface area contributed by atoms with Crippen molar-refractivity contribution >= 4 is 18.2 Å². The van der Waals surface area contributed by atoms with Crippen LogP contribution in [-0.4, -0.2) is 34.3 Å². The number of amides is 1. The topological polar surface area (TPSA) is 81.5 Å². The van der Waals surface area contributed by atoms with Crippen LogP contribution in [0.3, 0.4) is 0 Å². The Morgan fingerprint density at radius 2 is 2.00 bits per heavy atom. The summed E-state index contributed by atoms with van der Waals surface area (Å²) in [5.74, 6) is -0.895. The lowest BCUT2D eigenvalue weighted by atomic mass is 9.85. The summed E-state index contributed by atoms with van der Waals surface area (Å²) in [4.78, 5) is 23.9. The molecule has 2 bridgehead atoms. The van der Waals surface area contributed by atoms with Gasteiger partial charge in [0, 0.05) is 6.04 Å². The van der Waals surface area contributed by atoms with E-state index < -0.39 is 5.97 Å². The second-order valence-electron chi connectivity index (χ2n) is 4.82. The van der Waals surface area contributed by atoms with Gasteiger partial charge in [0.05, 0.1) is 12.3 Å². The van der Waals surface area contributed by atoms with Crippen molar-refractivity contribution in [2.24, 2.45) is 17.8 Å². The van der Waals surface area contributed by atoms with E-state index in [9.17, 15) is 9.59 Å². The van der Waals surface area contributed by atoms with Crippen LogP contribution in [0.4, 0.5) is 0 Å². The molecule has 2 rings (SSSR count). The first-order chi connectivity index (χ1) is 8.08. The van der Waals surface area contributed by atoms with E-state index in [1.807, 2.05) is 0 Å². The summed E-state index contributed by atoms with van der Waals surface area (Å²) in [5, 5.41) is 16.3. The molecule has 0 spiro atoms. The number of nitrogens with zero attached hydrogens (tertiary/aromatic N) is 1. The standard InChI is InChI=1S/C12H16N2O3/c1-2-11(15)14(6-13)10-5-7-3-8(10)4-9(7)12(16)17/h2,6-10,13H,1,3-5H2,(H,16,17). The lowest BCUT2D eigenvalue weighted by Crippen LogP contribution is -2.43. The minimum absolute atomic E-state index is 0.0152. The van der Waals surface area contributed by atoms with E-state index in [0.29, 0.717) is 12.8 Å². The molecule has 0 heterocycles. The highest BCUT2D eigenvalue weighted by Crippen LogP contribution is 2.50. The van der Waals surface area contributed by atoms with Gasteiger partial charge in [-0.3, -0.25) is 19.9 Å². The van der Waals surface area contributed by atoms with Crippen molar-refractivity contribution < 1.29 is 14.7 Å². The average molecular weight is 236 g/mol. The highest BCUT2D eigenvalue weighted by atomic mass is 16.4. The molecule has 0 aliphatic heterocycles. The first kappa shape index (κ1) is 11.8. The number of carboxylic acids is 1. The molecule has 2 aliphatic rings. The van der Waals surface area contributed by atoms with Crippen LogP contribution >= 0.6 is 0 Å². The molecule has 2 saturated carbocycles. The van der Waals surface area contributed by atoms with E-state index in [2.05, 4.69) is 6.58 Å². The number of carbonyl (C=O) groups excluding carboxylic acids is 1. The Kier molecular flexibility index (Phi) is 3.00. The van der Waals surface area contributed by atoms with Gasteiger partial charge >= 0.3 is 5.97 Å². The Balaban J connectivity index is 2.09. The summed E-state index contributed by atoms with van der Waals surface area (Å²) in [6, 6.07) is -0.0152. The van der Waals surface area contributed by atoms with E-state index in [4.69, 9.17) is 10.5 Å². The predicted molar refractivity (Wildman–Crippen MR) is 61.6 cm³/mol.